The second-order valence-corrected chi connectivity index (χ2v) is 9.38. The van der Waals surface area contributed by atoms with Gasteiger partial charge in [-0.05, 0) is 65.5 Å². The third kappa shape index (κ3) is 3.58. The maximum atomic E-state index is 12.7. The van der Waals surface area contributed by atoms with Crippen LogP contribution in [0.4, 0.5) is 0 Å². The molecular formula is C19H14ClN3O2S2. The van der Waals surface area contributed by atoms with Crippen LogP contribution >= 0.6 is 23.1 Å². The molecule has 136 valence electrons. The van der Waals surface area contributed by atoms with Crippen molar-refractivity contribution in [3.05, 3.63) is 70.6 Å². The van der Waals surface area contributed by atoms with E-state index in [1.165, 1.54) is 6.33 Å². The Morgan fingerprint density at radius 2 is 1.89 bits per heavy atom. The second-order valence-electron chi connectivity index (χ2n) is 6.09. The Balaban J connectivity index is 1.80. The van der Waals surface area contributed by atoms with Gasteiger partial charge >= 0.3 is 0 Å². The summed E-state index contributed by atoms with van der Waals surface area (Å²) in [6, 6.07) is 12.7. The fourth-order valence-electron chi connectivity index (χ4n) is 2.99. The van der Waals surface area contributed by atoms with Crippen molar-refractivity contribution in [2.75, 3.05) is 0 Å². The van der Waals surface area contributed by atoms with Gasteiger partial charge in [-0.15, -0.1) is 0 Å². The standard InChI is InChI=1S/C19H14ClN3O2S2/c1-12-8-13(20)2-4-15(12)16-6-7-21-18-9-14(3-5-17(16)18)27(24,25)10-19-22-11-23-26-19/h2-9,11H,10H2,1H3. The van der Waals surface area contributed by atoms with E-state index in [0.717, 1.165) is 33.6 Å². The van der Waals surface area contributed by atoms with E-state index >= 15 is 0 Å². The van der Waals surface area contributed by atoms with E-state index in [2.05, 4.69) is 14.3 Å². The molecule has 5 nitrogen and oxygen atoms in total. The van der Waals surface area contributed by atoms with Gasteiger partial charge in [0.05, 0.1) is 10.4 Å². The van der Waals surface area contributed by atoms with Crippen LogP contribution in [-0.2, 0) is 15.6 Å². The van der Waals surface area contributed by atoms with E-state index in [1.807, 2.05) is 31.2 Å². The number of sulfone groups is 1. The normalized spacial score (nSPS) is 11.8. The molecule has 4 aromatic rings. The highest BCUT2D eigenvalue weighted by Gasteiger charge is 2.19. The van der Waals surface area contributed by atoms with E-state index < -0.39 is 9.84 Å². The minimum Gasteiger partial charge on any atom is -0.256 e. The van der Waals surface area contributed by atoms with Crippen molar-refractivity contribution < 1.29 is 8.42 Å². The van der Waals surface area contributed by atoms with Crippen molar-refractivity contribution in [1.82, 2.24) is 14.3 Å². The molecular weight excluding hydrogens is 402 g/mol. The van der Waals surface area contributed by atoms with Gasteiger partial charge in [-0.3, -0.25) is 4.98 Å². The first-order valence-electron chi connectivity index (χ1n) is 8.08. The van der Waals surface area contributed by atoms with Crippen LogP contribution in [0.15, 0.2) is 59.9 Å². The zero-order valence-corrected chi connectivity index (χ0v) is 16.6. The van der Waals surface area contributed by atoms with Crippen molar-refractivity contribution in [2.24, 2.45) is 0 Å². The summed E-state index contributed by atoms with van der Waals surface area (Å²) in [7, 11) is -3.52. The van der Waals surface area contributed by atoms with Crippen molar-refractivity contribution >= 4 is 43.9 Å². The fourth-order valence-corrected chi connectivity index (χ4v) is 5.34. The molecule has 0 spiro atoms. The van der Waals surface area contributed by atoms with Crippen LogP contribution in [0.2, 0.25) is 5.02 Å². The van der Waals surface area contributed by atoms with Gasteiger partial charge < -0.3 is 0 Å². The van der Waals surface area contributed by atoms with Gasteiger partial charge in [0.25, 0.3) is 0 Å². The van der Waals surface area contributed by atoms with Crippen LogP contribution in [-0.4, -0.2) is 22.8 Å². The number of hydrogen-bond acceptors (Lipinski definition) is 6. The lowest BCUT2D eigenvalue weighted by Gasteiger charge is -2.11. The van der Waals surface area contributed by atoms with Gasteiger partial charge in [0, 0.05) is 16.6 Å². The molecule has 2 aromatic carbocycles. The zero-order chi connectivity index (χ0) is 19.0. The Hall–Kier alpha value is -2.35. The molecule has 0 aliphatic rings. The van der Waals surface area contributed by atoms with E-state index in [4.69, 9.17) is 11.6 Å². The highest BCUT2D eigenvalue weighted by Crippen LogP contribution is 2.32. The number of rotatable bonds is 4. The van der Waals surface area contributed by atoms with Gasteiger partial charge in [-0.2, -0.15) is 4.37 Å². The molecule has 0 saturated carbocycles. The smallest absolute Gasteiger partial charge is 0.185 e. The molecule has 2 aromatic heterocycles. The van der Waals surface area contributed by atoms with Crippen LogP contribution in [0, 0.1) is 6.92 Å². The minimum atomic E-state index is -3.52. The molecule has 0 fully saturated rings. The van der Waals surface area contributed by atoms with E-state index in [0.29, 0.717) is 15.5 Å². The zero-order valence-electron chi connectivity index (χ0n) is 14.3. The number of pyridine rings is 1. The predicted octanol–water partition coefficient (Wildman–Crippen LogP) is 4.69. The summed E-state index contributed by atoms with van der Waals surface area (Å²) in [5, 5.41) is 2.03. The SMILES string of the molecule is Cc1cc(Cl)ccc1-c1ccnc2cc(S(=O)(=O)Cc3ncns3)ccc12. The number of benzene rings is 2. The Labute approximate surface area is 165 Å². The molecule has 27 heavy (non-hydrogen) atoms. The van der Waals surface area contributed by atoms with Crippen molar-refractivity contribution in [1.29, 1.82) is 0 Å². The third-order valence-electron chi connectivity index (χ3n) is 4.27. The summed E-state index contributed by atoms with van der Waals surface area (Å²) < 4.78 is 29.2. The average molecular weight is 416 g/mol. The Bertz CT molecular complexity index is 1240. The lowest BCUT2D eigenvalue weighted by molar-refractivity contribution is 0.595. The molecule has 4 rings (SSSR count). The first-order valence-corrected chi connectivity index (χ1v) is 10.9. The molecule has 0 unspecified atom stereocenters. The lowest BCUT2D eigenvalue weighted by Crippen LogP contribution is -2.05. The summed E-state index contributed by atoms with van der Waals surface area (Å²) in [5.41, 5.74) is 3.70. The molecule has 0 aliphatic carbocycles. The molecule has 0 atom stereocenters. The summed E-state index contributed by atoms with van der Waals surface area (Å²) in [6.45, 7) is 1.99. The summed E-state index contributed by atoms with van der Waals surface area (Å²) in [5.74, 6) is -0.168. The number of nitrogens with zero attached hydrogens (tertiary/aromatic N) is 3. The Morgan fingerprint density at radius 1 is 1.04 bits per heavy atom. The van der Waals surface area contributed by atoms with Crippen LogP contribution in [0.3, 0.4) is 0 Å². The molecule has 0 radical (unpaired) electrons. The van der Waals surface area contributed by atoms with E-state index in [9.17, 15) is 8.42 Å². The molecule has 0 aliphatic heterocycles. The fraction of sp³-hybridized carbons (Fsp3) is 0.105. The van der Waals surface area contributed by atoms with Gasteiger partial charge in [-0.1, -0.05) is 23.7 Å². The summed E-state index contributed by atoms with van der Waals surface area (Å²) in [6.07, 6.45) is 3.05. The number of aryl methyl sites for hydroxylation is 1. The molecule has 8 heteroatoms. The first kappa shape index (κ1) is 18.0. The van der Waals surface area contributed by atoms with Crippen LogP contribution in [0.1, 0.15) is 10.6 Å². The highest BCUT2D eigenvalue weighted by molar-refractivity contribution is 7.90. The molecule has 0 amide bonds. The first-order chi connectivity index (χ1) is 12.9. The number of aromatic nitrogens is 3. The quantitative estimate of drug-likeness (QED) is 0.483. The van der Waals surface area contributed by atoms with Crippen molar-refractivity contribution in [2.45, 2.75) is 17.6 Å². The average Bonchev–Trinajstić information content (AvgIpc) is 3.13. The van der Waals surface area contributed by atoms with Crippen molar-refractivity contribution in [3.63, 3.8) is 0 Å². The van der Waals surface area contributed by atoms with Gasteiger partial charge in [-0.25, -0.2) is 13.4 Å². The van der Waals surface area contributed by atoms with Crippen molar-refractivity contribution in [3.8, 4) is 11.1 Å². The Morgan fingerprint density at radius 3 is 2.63 bits per heavy atom. The molecule has 0 saturated heterocycles. The number of hydrogen-bond donors (Lipinski definition) is 0. The maximum absolute atomic E-state index is 12.7. The van der Waals surface area contributed by atoms with Crippen LogP contribution in [0.25, 0.3) is 22.0 Å². The molecule has 2 heterocycles. The largest absolute Gasteiger partial charge is 0.256 e. The van der Waals surface area contributed by atoms with E-state index in [-0.39, 0.29) is 10.6 Å². The predicted molar refractivity (Wildman–Crippen MR) is 108 cm³/mol. The summed E-state index contributed by atoms with van der Waals surface area (Å²) >= 11 is 7.15. The monoisotopic (exact) mass is 415 g/mol. The summed E-state index contributed by atoms with van der Waals surface area (Å²) in [4.78, 5) is 8.56. The second kappa shape index (κ2) is 6.99. The van der Waals surface area contributed by atoms with Gasteiger partial charge in [0.15, 0.2) is 9.84 Å². The topological polar surface area (TPSA) is 72.8 Å². The highest BCUT2D eigenvalue weighted by atomic mass is 35.5. The van der Waals surface area contributed by atoms with Gasteiger partial charge in [0.2, 0.25) is 0 Å². The molecule has 0 N–H and O–H groups in total. The lowest BCUT2D eigenvalue weighted by atomic mass is 9.97. The Kier molecular flexibility index (Phi) is 4.67. The third-order valence-corrected chi connectivity index (χ3v) is 6.98. The van der Waals surface area contributed by atoms with Crippen LogP contribution in [0.5, 0.6) is 0 Å². The van der Waals surface area contributed by atoms with Gasteiger partial charge in [0.1, 0.15) is 17.1 Å². The number of halogens is 1. The maximum Gasteiger partial charge on any atom is 0.185 e. The van der Waals surface area contributed by atoms with Crippen LogP contribution < -0.4 is 0 Å². The number of fused-ring (bicyclic) bond motifs is 1. The molecule has 0 bridgehead atoms. The minimum absolute atomic E-state index is 0.168. The van der Waals surface area contributed by atoms with E-state index in [1.54, 1.807) is 24.4 Å².